The van der Waals surface area contributed by atoms with Gasteiger partial charge in [0.1, 0.15) is 11.6 Å². The molecule has 0 bridgehead atoms. The number of hydrogen-bond donors (Lipinski definition) is 0. The van der Waals surface area contributed by atoms with Crippen molar-refractivity contribution in [1.82, 2.24) is 19.5 Å². The van der Waals surface area contributed by atoms with Crippen LogP contribution in [0, 0.1) is 5.82 Å². The normalized spacial score (nSPS) is 15.1. The van der Waals surface area contributed by atoms with Gasteiger partial charge in [0.15, 0.2) is 5.16 Å². The molecule has 3 heterocycles. The molecule has 0 N–H and O–H groups in total. The van der Waals surface area contributed by atoms with Gasteiger partial charge in [-0.05, 0) is 48.6 Å². The average Bonchev–Trinajstić information content (AvgIpc) is 3.40. The monoisotopic (exact) mass is 462 g/mol. The summed E-state index contributed by atoms with van der Waals surface area (Å²) in [5, 5.41) is 0.733. The molecule has 0 amide bonds. The Morgan fingerprint density at radius 1 is 1.03 bits per heavy atom. The molecule has 0 saturated carbocycles. The van der Waals surface area contributed by atoms with Gasteiger partial charge in [0, 0.05) is 35.7 Å². The van der Waals surface area contributed by atoms with Crippen LogP contribution in [0.4, 0.5) is 4.39 Å². The number of halogens is 1. The Bertz CT molecular complexity index is 1210. The molecule has 0 spiro atoms. The maximum Gasteiger partial charge on any atom is 0.187 e. The van der Waals surface area contributed by atoms with Crippen molar-refractivity contribution in [1.29, 1.82) is 0 Å². The molecule has 0 aliphatic carbocycles. The number of imidazole rings is 1. The molecule has 4 nitrogen and oxygen atoms in total. The molecule has 1 aliphatic heterocycles. The van der Waals surface area contributed by atoms with Crippen LogP contribution in [0.25, 0.3) is 22.6 Å². The molecule has 1 atom stereocenters. The van der Waals surface area contributed by atoms with Crippen LogP contribution >= 0.6 is 23.5 Å². The minimum absolute atomic E-state index is 0.246. The van der Waals surface area contributed by atoms with E-state index in [1.54, 1.807) is 18.3 Å². The standard InChI is InChI=1S/C25H23FN4S2/c1-31-25-27-14-13-21(28-25)24-23(18-7-9-19(26)10-8-18)29-22-12-11-20(30(22)24)16-32-15-17-5-3-2-4-6-17/h2-10,13-14,20H,11-12,15-16H2,1H3/t20-/m0/s1. The predicted molar refractivity (Wildman–Crippen MR) is 130 cm³/mol. The zero-order valence-corrected chi connectivity index (χ0v) is 19.4. The lowest BCUT2D eigenvalue weighted by atomic mass is 10.1. The molecule has 7 heteroatoms. The fourth-order valence-corrected chi connectivity index (χ4v) is 5.63. The molecule has 1 aliphatic rings. The number of aromatic nitrogens is 4. The molecule has 2 aromatic carbocycles. The van der Waals surface area contributed by atoms with Gasteiger partial charge < -0.3 is 4.57 Å². The Morgan fingerprint density at radius 3 is 2.62 bits per heavy atom. The number of thioether (sulfide) groups is 2. The molecule has 162 valence electrons. The lowest BCUT2D eigenvalue weighted by Crippen LogP contribution is -2.09. The van der Waals surface area contributed by atoms with Crippen molar-refractivity contribution in [2.24, 2.45) is 0 Å². The second kappa shape index (κ2) is 9.46. The van der Waals surface area contributed by atoms with Crippen LogP contribution in [0.1, 0.15) is 23.9 Å². The third-order valence-electron chi connectivity index (χ3n) is 5.65. The first-order chi connectivity index (χ1) is 15.7. The lowest BCUT2D eigenvalue weighted by molar-refractivity contribution is 0.594. The molecule has 32 heavy (non-hydrogen) atoms. The van der Waals surface area contributed by atoms with Crippen molar-refractivity contribution in [3.8, 4) is 22.6 Å². The first kappa shape index (κ1) is 21.2. The van der Waals surface area contributed by atoms with Gasteiger partial charge in [0.25, 0.3) is 0 Å². The molecule has 0 radical (unpaired) electrons. The molecule has 4 aromatic rings. The van der Waals surface area contributed by atoms with Crippen molar-refractivity contribution in [2.75, 3.05) is 12.0 Å². The van der Waals surface area contributed by atoms with Crippen LogP contribution in [0.3, 0.4) is 0 Å². The van der Waals surface area contributed by atoms with Crippen molar-refractivity contribution < 1.29 is 4.39 Å². The Balaban J connectivity index is 1.51. The van der Waals surface area contributed by atoms with Gasteiger partial charge >= 0.3 is 0 Å². The van der Waals surface area contributed by atoms with Gasteiger partial charge in [0.05, 0.1) is 17.1 Å². The number of benzene rings is 2. The highest BCUT2D eigenvalue weighted by molar-refractivity contribution is 7.98. The van der Waals surface area contributed by atoms with Gasteiger partial charge in [0.2, 0.25) is 0 Å². The first-order valence-electron chi connectivity index (χ1n) is 10.6. The number of rotatable bonds is 7. The number of hydrogen-bond acceptors (Lipinski definition) is 5. The first-order valence-corrected chi connectivity index (χ1v) is 13.0. The van der Waals surface area contributed by atoms with Crippen LogP contribution in [0.15, 0.2) is 72.0 Å². The molecule has 5 rings (SSSR count). The highest BCUT2D eigenvalue weighted by Crippen LogP contribution is 2.40. The van der Waals surface area contributed by atoms with Gasteiger partial charge in [-0.2, -0.15) is 11.8 Å². The minimum atomic E-state index is -0.246. The fourth-order valence-electron chi connectivity index (χ4n) is 4.14. The number of nitrogens with zero attached hydrogens (tertiary/aromatic N) is 4. The zero-order valence-electron chi connectivity index (χ0n) is 17.7. The third kappa shape index (κ3) is 4.32. The Kier molecular flexibility index (Phi) is 6.28. The van der Waals surface area contributed by atoms with Crippen molar-refractivity contribution in [2.45, 2.75) is 29.8 Å². The van der Waals surface area contributed by atoms with Gasteiger partial charge in [-0.15, -0.1) is 0 Å². The molecular weight excluding hydrogens is 439 g/mol. The van der Waals surface area contributed by atoms with E-state index in [-0.39, 0.29) is 5.82 Å². The average molecular weight is 463 g/mol. The zero-order chi connectivity index (χ0) is 21.9. The molecular formula is C25H23FN4S2. The summed E-state index contributed by atoms with van der Waals surface area (Å²) in [7, 11) is 0. The van der Waals surface area contributed by atoms with E-state index in [1.165, 1.54) is 29.5 Å². The Labute approximate surface area is 195 Å². The maximum absolute atomic E-state index is 13.6. The summed E-state index contributed by atoms with van der Waals surface area (Å²) >= 11 is 3.47. The lowest BCUT2D eigenvalue weighted by Gasteiger charge is -2.17. The van der Waals surface area contributed by atoms with E-state index >= 15 is 0 Å². The van der Waals surface area contributed by atoms with Crippen molar-refractivity contribution in [3.63, 3.8) is 0 Å². The highest BCUT2D eigenvalue weighted by atomic mass is 32.2. The highest BCUT2D eigenvalue weighted by Gasteiger charge is 2.30. The summed E-state index contributed by atoms with van der Waals surface area (Å²) < 4.78 is 15.9. The molecule has 0 fully saturated rings. The van der Waals surface area contributed by atoms with Crippen LogP contribution in [-0.2, 0) is 12.2 Å². The summed E-state index contributed by atoms with van der Waals surface area (Å²) in [5.41, 5.74) is 4.98. The second-order valence-electron chi connectivity index (χ2n) is 7.72. The van der Waals surface area contributed by atoms with Gasteiger partial charge in [-0.3, -0.25) is 0 Å². The summed E-state index contributed by atoms with van der Waals surface area (Å²) in [6.45, 7) is 0. The molecule has 0 unspecified atom stereocenters. The third-order valence-corrected chi connectivity index (χ3v) is 7.37. The van der Waals surface area contributed by atoms with E-state index in [0.29, 0.717) is 6.04 Å². The van der Waals surface area contributed by atoms with Crippen molar-refractivity contribution in [3.05, 3.63) is 84.1 Å². The second-order valence-corrected chi connectivity index (χ2v) is 9.53. The van der Waals surface area contributed by atoms with Crippen LogP contribution in [0.5, 0.6) is 0 Å². The topological polar surface area (TPSA) is 43.6 Å². The Morgan fingerprint density at radius 2 is 1.84 bits per heavy atom. The van der Waals surface area contributed by atoms with Crippen LogP contribution in [0.2, 0.25) is 0 Å². The van der Waals surface area contributed by atoms with E-state index in [0.717, 1.165) is 58.0 Å². The summed E-state index contributed by atoms with van der Waals surface area (Å²) in [4.78, 5) is 14.1. The summed E-state index contributed by atoms with van der Waals surface area (Å²) in [6.07, 6.45) is 5.78. The maximum atomic E-state index is 13.6. The van der Waals surface area contributed by atoms with Gasteiger partial charge in [-0.1, -0.05) is 42.1 Å². The molecule has 0 saturated heterocycles. The quantitative estimate of drug-likeness (QED) is 0.239. The fraction of sp³-hybridized carbons (Fsp3) is 0.240. The number of aryl methyl sites for hydroxylation is 1. The van der Waals surface area contributed by atoms with Crippen molar-refractivity contribution >= 4 is 23.5 Å². The van der Waals surface area contributed by atoms with E-state index in [2.05, 4.69) is 39.9 Å². The Hall–Kier alpha value is -2.64. The SMILES string of the molecule is CSc1nccc(-c2c(-c3ccc(F)cc3)nc3n2[C@H](CSCc2ccccc2)CC3)n1. The van der Waals surface area contributed by atoms with E-state index < -0.39 is 0 Å². The molecule has 2 aromatic heterocycles. The van der Waals surface area contributed by atoms with Gasteiger partial charge in [-0.25, -0.2) is 19.3 Å². The number of fused-ring (bicyclic) bond motifs is 1. The predicted octanol–water partition coefficient (Wildman–Crippen LogP) is 6.29. The van der Waals surface area contributed by atoms with Crippen LogP contribution in [-0.4, -0.2) is 31.5 Å². The van der Waals surface area contributed by atoms with E-state index in [9.17, 15) is 4.39 Å². The van der Waals surface area contributed by atoms with E-state index in [4.69, 9.17) is 9.97 Å². The largest absolute Gasteiger partial charge is 0.322 e. The smallest absolute Gasteiger partial charge is 0.187 e. The van der Waals surface area contributed by atoms with E-state index in [1.807, 2.05) is 24.1 Å². The minimum Gasteiger partial charge on any atom is -0.322 e. The summed E-state index contributed by atoms with van der Waals surface area (Å²) in [5.74, 6) is 2.83. The summed E-state index contributed by atoms with van der Waals surface area (Å²) in [6, 6.07) is 19.5. The van der Waals surface area contributed by atoms with Crippen LogP contribution < -0.4 is 0 Å².